The van der Waals surface area contributed by atoms with E-state index in [1.807, 2.05) is 0 Å². The second-order valence-corrected chi connectivity index (χ2v) is 4.03. The molecule has 17 heavy (non-hydrogen) atoms. The van der Waals surface area contributed by atoms with Gasteiger partial charge < -0.3 is 14.2 Å². The Morgan fingerprint density at radius 1 is 1.41 bits per heavy atom. The monoisotopic (exact) mass is 236 g/mol. The molecule has 1 atom stereocenters. The summed E-state index contributed by atoms with van der Waals surface area (Å²) in [6.07, 6.45) is 0.916. The maximum Gasteiger partial charge on any atom is 0.162 e. The lowest BCUT2D eigenvalue weighted by Crippen LogP contribution is -2.16. The van der Waals surface area contributed by atoms with Crippen molar-refractivity contribution >= 4 is 5.78 Å². The largest absolute Gasteiger partial charge is 0.493 e. The molecule has 0 radical (unpaired) electrons. The molecular formula is C13H16O4. The molecule has 1 saturated heterocycles. The molecule has 1 aromatic rings. The van der Waals surface area contributed by atoms with Gasteiger partial charge in [0.25, 0.3) is 0 Å². The van der Waals surface area contributed by atoms with Gasteiger partial charge in [0.05, 0.1) is 20.3 Å². The molecule has 1 unspecified atom stereocenters. The zero-order valence-electron chi connectivity index (χ0n) is 10.1. The van der Waals surface area contributed by atoms with E-state index in [2.05, 4.69) is 0 Å². The maximum atomic E-state index is 11.3. The quantitative estimate of drug-likeness (QED) is 0.751. The molecular weight excluding hydrogens is 220 g/mol. The zero-order valence-corrected chi connectivity index (χ0v) is 10.1. The van der Waals surface area contributed by atoms with Gasteiger partial charge >= 0.3 is 0 Å². The van der Waals surface area contributed by atoms with Gasteiger partial charge in [-0.1, -0.05) is 0 Å². The van der Waals surface area contributed by atoms with Crippen LogP contribution in [0.5, 0.6) is 11.5 Å². The third-order valence-electron chi connectivity index (χ3n) is 2.75. The summed E-state index contributed by atoms with van der Waals surface area (Å²) in [4.78, 5) is 11.3. The second-order valence-electron chi connectivity index (χ2n) is 4.03. The molecule has 4 heteroatoms. The fraction of sp³-hybridized carbons (Fsp3) is 0.462. The molecule has 0 spiro atoms. The lowest BCUT2D eigenvalue weighted by molar-refractivity contribution is 0.101. The SMILES string of the molecule is COc1ccc(C(C)=O)cc1OC1CCOC1. The summed E-state index contributed by atoms with van der Waals surface area (Å²) in [7, 11) is 1.58. The molecule has 92 valence electrons. The number of rotatable bonds is 4. The summed E-state index contributed by atoms with van der Waals surface area (Å²) in [5.74, 6) is 1.26. The van der Waals surface area contributed by atoms with Crippen LogP contribution in [0.2, 0.25) is 0 Å². The third-order valence-corrected chi connectivity index (χ3v) is 2.75. The average Bonchev–Trinajstić information content (AvgIpc) is 2.81. The van der Waals surface area contributed by atoms with Crippen LogP contribution in [-0.2, 0) is 4.74 Å². The number of methoxy groups -OCH3 is 1. The average molecular weight is 236 g/mol. The molecule has 0 N–H and O–H groups in total. The van der Waals surface area contributed by atoms with Crippen molar-refractivity contribution in [3.63, 3.8) is 0 Å². The summed E-state index contributed by atoms with van der Waals surface area (Å²) >= 11 is 0. The molecule has 0 amide bonds. The smallest absolute Gasteiger partial charge is 0.162 e. The molecule has 0 aromatic heterocycles. The summed E-state index contributed by atoms with van der Waals surface area (Å²) in [6.45, 7) is 2.84. The number of ketones is 1. The van der Waals surface area contributed by atoms with E-state index in [4.69, 9.17) is 14.2 Å². The number of hydrogen-bond acceptors (Lipinski definition) is 4. The molecule has 0 saturated carbocycles. The highest BCUT2D eigenvalue weighted by Crippen LogP contribution is 2.30. The van der Waals surface area contributed by atoms with E-state index in [9.17, 15) is 4.79 Å². The number of benzene rings is 1. The summed E-state index contributed by atoms with van der Waals surface area (Å²) < 4.78 is 16.2. The van der Waals surface area contributed by atoms with Crippen LogP contribution in [0.25, 0.3) is 0 Å². The van der Waals surface area contributed by atoms with E-state index in [0.29, 0.717) is 23.7 Å². The van der Waals surface area contributed by atoms with Crippen LogP contribution in [0.3, 0.4) is 0 Å². The van der Waals surface area contributed by atoms with E-state index >= 15 is 0 Å². The van der Waals surface area contributed by atoms with Crippen molar-refractivity contribution in [3.8, 4) is 11.5 Å². The Balaban J connectivity index is 2.21. The van der Waals surface area contributed by atoms with E-state index in [0.717, 1.165) is 13.0 Å². The molecule has 1 aromatic carbocycles. The van der Waals surface area contributed by atoms with E-state index in [1.165, 1.54) is 6.92 Å². The Kier molecular flexibility index (Phi) is 3.64. The first-order valence-electron chi connectivity index (χ1n) is 5.64. The first-order valence-corrected chi connectivity index (χ1v) is 5.64. The zero-order chi connectivity index (χ0) is 12.3. The molecule has 1 aliphatic heterocycles. The highest BCUT2D eigenvalue weighted by atomic mass is 16.6. The van der Waals surface area contributed by atoms with Crippen molar-refractivity contribution in [2.75, 3.05) is 20.3 Å². The van der Waals surface area contributed by atoms with Crippen LogP contribution in [0.4, 0.5) is 0 Å². The molecule has 4 nitrogen and oxygen atoms in total. The molecule has 0 aliphatic carbocycles. The van der Waals surface area contributed by atoms with Gasteiger partial charge in [0, 0.05) is 12.0 Å². The Hall–Kier alpha value is -1.55. The molecule has 1 aliphatic rings. The van der Waals surface area contributed by atoms with Crippen molar-refractivity contribution in [1.82, 2.24) is 0 Å². The Bertz CT molecular complexity index is 408. The van der Waals surface area contributed by atoms with Gasteiger partial charge in [-0.2, -0.15) is 0 Å². The first kappa shape index (κ1) is 11.9. The van der Waals surface area contributed by atoms with Crippen LogP contribution in [-0.4, -0.2) is 32.2 Å². The van der Waals surface area contributed by atoms with Crippen LogP contribution in [0.15, 0.2) is 18.2 Å². The van der Waals surface area contributed by atoms with Crippen molar-refractivity contribution in [3.05, 3.63) is 23.8 Å². The van der Waals surface area contributed by atoms with E-state index in [1.54, 1.807) is 25.3 Å². The van der Waals surface area contributed by atoms with Crippen LogP contribution in [0.1, 0.15) is 23.7 Å². The molecule has 1 fully saturated rings. The van der Waals surface area contributed by atoms with Crippen molar-refractivity contribution in [2.24, 2.45) is 0 Å². The number of carbonyl (C=O) groups is 1. The minimum atomic E-state index is 0.0141. The first-order chi connectivity index (χ1) is 8.20. The highest BCUT2D eigenvalue weighted by molar-refractivity contribution is 5.94. The van der Waals surface area contributed by atoms with Crippen LogP contribution < -0.4 is 9.47 Å². The number of carbonyl (C=O) groups excluding carboxylic acids is 1. The minimum Gasteiger partial charge on any atom is -0.493 e. The Morgan fingerprint density at radius 3 is 2.82 bits per heavy atom. The van der Waals surface area contributed by atoms with Crippen LogP contribution >= 0.6 is 0 Å². The van der Waals surface area contributed by atoms with Gasteiger partial charge in [-0.3, -0.25) is 4.79 Å². The maximum absolute atomic E-state index is 11.3. The lowest BCUT2D eigenvalue weighted by atomic mass is 10.1. The molecule has 1 heterocycles. The Labute approximate surface area is 100 Å². The van der Waals surface area contributed by atoms with Crippen molar-refractivity contribution < 1.29 is 19.0 Å². The fourth-order valence-corrected chi connectivity index (χ4v) is 1.77. The summed E-state index contributed by atoms with van der Waals surface area (Å²) in [5, 5.41) is 0. The topological polar surface area (TPSA) is 44.8 Å². The number of ether oxygens (including phenoxy) is 3. The van der Waals surface area contributed by atoms with E-state index < -0.39 is 0 Å². The minimum absolute atomic E-state index is 0.0141. The molecule has 0 bridgehead atoms. The van der Waals surface area contributed by atoms with Crippen molar-refractivity contribution in [2.45, 2.75) is 19.4 Å². The standard InChI is InChI=1S/C13H16O4/c1-9(14)10-3-4-12(15-2)13(7-10)17-11-5-6-16-8-11/h3-4,7,11H,5-6,8H2,1-2H3. The van der Waals surface area contributed by atoms with Crippen LogP contribution in [0, 0.1) is 0 Å². The van der Waals surface area contributed by atoms with Crippen molar-refractivity contribution in [1.29, 1.82) is 0 Å². The predicted octanol–water partition coefficient (Wildman–Crippen LogP) is 2.07. The highest BCUT2D eigenvalue weighted by Gasteiger charge is 2.19. The molecule has 2 rings (SSSR count). The van der Waals surface area contributed by atoms with Gasteiger partial charge in [-0.15, -0.1) is 0 Å². The summed E-state index contributed by atoms with van der Waals surface area (Å²) in [6, 6.07) is 5.21. The lowest BCUT2D eigenvalue weighted by Gasteiger charge is -2.15. The number of hydrogen-bond donors (Lipinski definition) is 0. The Morgan fingerprint density at radius 2 is 2.24 bits per heavy atom. The second kappa shape index (κ2) is 5.19. The predicted molar refractivity (Wildman–Crippen MR) is 62.9 cm³/mol. The van der Waals surface area contributed by atoms with Gasteiger partial charge in [-0.05, 0) is 25.1 Å². The van der Waals surface area contributed by atoms with Gasteiger partial charge in [0.1, 0.15) is 6.10 Å². The van der Waals surface area contributed by atoms with E-state index in [-0.39, 0.29) is 11.9 Å². The normalized spacial score (nSPS) is 19.1. The third kappa shape index (κ3) is 2.77. The van der Waals surface area contributed by atoms with Gasteiger partial charge in [0.15, 0.2) is 17.3 Å². The van der Waals surface area contributed by atoms with Gasteiger partial charge in [0.2, 0.25) is 0 Å². The van der Waals surface area contributed by atoms with Gasteiger partial charge in [-0.25, -0.2) is 0 Å². The summed E-state index contributed by atoms with van der Waals surface area (Å²) in [5.41, 5.74) is 0.625. The number of Topliss-reactive ketones (excluding diaryl/α,β-unsaturated/α-hetero) is 1. The fourth-order valence-electron chi connectivity index (χ4n) is 1.77.